The van der Waals surface area contributed by atoms with E-state index in [1.165, 1.54) is 23.9 Å². The maximum Gasteiger partial charge on any atom is 0.233 e. The first-order chi connectivity index (χ1) is 12.6. The zero-order chi connectivity index (χ0) is 18.1. The number of halogens is 1. The van der Waals surface area contributed by atoms with Gasteiger partial charge in [0.15, 0.2) is 11.5 Å². The molecular weight excluding hydrogens is 353 g/mol. The largest absolute Gasteiger partial charge is 0.341 e. The monoisotopic (exact) mass is 371 g/mol. The molecule has 0 spiro atoms. The third-order valence-electron chi connectivity index (χ3n) is 4.62. The van der Waals surface area contributed by atoms with Crippen LogP contribution in [0.15, 0.2) is 41.4 Å². The Morgan fingerprint density at radius 1 is 1.23 bits per heavy atom. The van der Waals surface area contributed by atoms with E-state index in [0.29, 0.717) is 17.9 Å². The lowest BCUT2D eigenvalue weighted by Gasteiger charge is -2.16. The van der Waals surface area contributed by atoms with Crippen LogP contribution in [0.4, 0.5) is 4.39 Å². The van der Waals surface area contributed by atoms with Gasteiger partial charge in [0.05, 0.1) is 5.75 Å². The number of nitrogens with zero attached hydrogens (tertiary/aromatic N) is 5. The minimum absolute atomic E-state index is 0.0991. The molecule has 0 aliphatic carbocycles. The van der Waals surface area contributed by atoms with Crippen LogP contribution in [0.5, 0.6) is 0 Å². The van der Waals surface area contributed by atoms with E-state index in [2.05, 4.69) is 15.3 Å². The fraction of sp³-hybridized carbons (Fsp3) is 0.333. The third-order valence-corrected chi connectivity index (χ3v) is 5.52. The molecule has 1 atom stereocenters. The van der Waals surface area contributed by atoms with Crippen LogP contribution in [0.1, 0.15) is 23.7 Å². The number of hydrogen-bond donors (Lipinski definition) is 0. The minimum atomic E-state index is -0.233. The first-order valence-electron chi connectivity index (χ1n) is 8.45. The normalized spacial score (nSPS) is 17.2. The summed E-state index contributed by atoms with van der Waals surface area (Å²) in [5, 5.41) is 13.2. The number of rotatable bonds is 4. The number of fused-ring (bicyclic) bond motifs is 1. The van der Waals surface area contributed by atoms with Crippen LogP contribution in [0, 0.1) is 12.7 Å². The number of carbonyl (C=O) groups is 1. The van der Waals surface area contributed by atoms with Gasteiger partial charge < -0.3 is 4.90 Å². The third kappa shape index (κ3) is 3.41. The van der Waals surface area contributed by atoms with Crippen LogP contribution in [0.25, 0.3) is 5.65 Å². The Morgan fingerprint density at radius 3 is 2.85 bits per heavy atom. The average Bonchev–Trinajstić information content (AvgIpc) is 3.28. The highest BCUT2D eigenvalue weighted by Gasteiger charge is 2.27. The van der Waals surface area contributed by atoms with E-state index < -0.39 is 0 Å². The van der Waals surface area contributed by atoms with Crippen LogP contribution < -0.4 is 0 Å². The summed E-state index contributed by atoms with van der Waals surface area (Å²) in [5.41, 5.74) is 1.78. The molecule has 3 heterocycles. The Bertz CT molecular complexity index is 942. The predicted octanol–water partition coefficient (Wildman–Crippen LogP) is 2.68. The van der Waals surface area contributed by atoms with Crippen molar-refractivity contribution in [2.24, 2.45) is 0 Å². The van der Waals surface area contributed by atoms with Gasteiger partial charge in [-0.3, -0.25) is 4.79 Å². The van der Waals surface area contributed by atoms with Crippen molar-refractivity contribution in [2.75, 3.05) is 18.8 Å². The Balaban J connectivity index is 1.36. The minimum Gasteiger partial charge on any atom is -0.341 e. The van der Waals surface area contributed by atoms with Gasteiger partial charge in [0.25, 0.3) is 0 Å². The number of likely N-dealkylation sites (tertiary alicyclic amines) is 1. The van der Waals surface area contributed by atoms with Gasteiger partial charge >= 0.3 is 0 Å². The van der Waals surface area contributed by atoms with Crippen molar-refractivity contribution >= 4 is 23.3 Å². The molecule has 1 aromatic carbocycles. The summed E-state index contributed by atoms with van der Waals surface area (Å²) in [6, 6.07) is 10.3. The fourth-order valence-corrected chi connectivity index (χ4v) is 3.93. The maximum absolute atomic E-state index is 13.1. The number of thioether (sulfide) groups is 1. The van der Waals surface area contributed by atoms with Gasteiger partial charge in [0, 0.05) is 19.0 Å². The van der Waals surface area contributed by atoms with Gasteiger partial charge in [0.1, 0.15) is 10.8 Å². The molecule has 6 nitrogen and oxygen atoms in total. The van der Waals surface area contributed by atoms with Crippen LogP contribution in [-0.4, -0.2) is 49.5 Å². The summed E-state index contributed by atoms with van der Waals surface area (Å²) in [6.45, 7) is 3.26. The molecule has 4 rings (SSSR count). The van der Waals surface area contributed by atoms with Crippen molar-refractivity contribution in [2.45, 2.75) is 24.3 Å². The summed E-state index contributed by atoms with van der Waals surface area (Å²) in [5.74, 6) is 1.20. The number of hydrogen-bond acceptors (Lipinski definition) is 5. The summed E-state index contributed by atoms with van der Waals surface area (Å²) >= 11 is 1.41. The molecular formula is C18H18FN5OS. The van der Waals surface area contributed by atoms with Crippen molar-refractivity contribution in [3.63, 3.8) is 0 Å². The molecule has 1 aliphatic rings. The first-order valence-corrected chi connectivity index (χ1v) is 9.44. The summed E-state index contributed by atoms with van der Waals surface area (Å²) in [7, 11) is 0. The van der Waals surface area contributed by atoms with Gasteiger partial charge in [0.2, 0.25) is 5.91 Å². The lowest BCUT2D eigenvalue weighted by atomic mass is 9.99. The molecule has 1 aliphatic heterocycles. The van der Waals surface area contributed by atoms with Crippen LogP contribution in [0.3, 0.4) is 0 Å². The molecule has 0 bridgehead atoms. The van der Waals surface area contributed by atoms with Crippen molar-refractivity contribution in [1.82, 2.24) is 24.7 Å². The highest BCUT2D eigenvalue weighted by Crippen LogP contribution is 2.28. The number of aromatic nitrogens is 4. The summed E-state index contributed by atoms with van der Waals surface area (Å²) < 4.78 is 14.7. The van der Waals surface area contributed by atoms with E-state index in [1.54, 1.807) is 4.52 Å². The lowest BCUT2D eigenvalue weighted by Crippen LogP contribution is -2.30. The first kappa shape index (κ1) is 17.0. The Hall–Kier alpha value is -2.48. The molecule has 0 N–H and O–H groups in total. The molecule has 0 unspecified atom stereocenters. The smallest absolute Gasteiger partial charge is 0.233 e. The zero-order valence-corrected chi connectivity index (χ0v) is 15.1. The van der Waals surface area contributed by atoms with E-state index in [0.717, 1.165) is 29.4 Å². The molecule has 1 saturated heterocycles. The molecule has 3 aromatic rings. The molecule has 0 saturated carbocycles. The molecule has 26 heavy (non-hydrogen) atoms. The van der Waals surface area contributed by atoms with Gasteiger partial charge in [-0.05, 0) is 43.2 Å². The van der Waals surface area contributed by atoms with Crippen molar-refractivity contribution in [3.8, 4) is 0 Å². The van der Waals surface area contributed by atoms with E-state index in [9.17, 15) is 9.18 Å². The van der Waals surface area contributed by atoms with Crippen LogP contribution in [0.2, 0.25) is 0 Å². The van der Waals surface area contributed by atoms with E-state index >= 15 is 0 Å². The van der Waals surface area contributed by atoms with Crippen molar-refractivity contribution in [3.05, 3.63) is 53.6 Å². The predicted molar refractivity (Wildman–Crippen MR) is 96.6 cm³/mol. The van der Waals surface area contributed by atoms with Crippen molar-refractivity contribution in [1.29, 1.82) is 0 Å². The number of carbonyl (C=O) groups excluding carboxylic acids is 1. The molecule has 1 amide bonds. The summed E-state index contributed by atoms with van der Waals surface area (Å²) in [6.07, 6.45) is 0.909. The van der Waals surface area contributed by atoms with Gasteiger partial charge in [-0.1, -0.05) is 23.9 Å². The highest BCUT2D eigenvalue weighted by atomic mass is 32.2. The Morgan fingerprint density at radius 2 is 2.04 bits per heavy atom. The lowest BCUT2D eigenvalue weighted by molar-refractivity contribution is -0.127. The maximum atomic E-state index is 13.1. The second-order valence-corrected chi connectivity index (χ2v) is 7.35. The van der Waals surface area contributed by atoms with Crippen molar-refractivity contribution < 1.29 is 9.18 Å². The van der Waals surface area contributed by atoms with Gasteiger partial charge in [-0.2, -0.15) is 9.61 Å². The Labute approximate surface area is 154 Å². The zero-order valence-electron chi connectivity index (χ0n) is 14.3. The van der Waals surface area contributed by atoms with Crippen LogP contribution in [-0.2, 0) is 4.79 Å². The van der Waals surface area contributed by atoms with E-state index in [1.807, 2.05) is 36.1 Å². The SMILES string of the molecule is Cc1nnc2ccc(SCC(=O)N3CC[C@@H](c4ccc(F)cc4)C3)nn12. The summed E-state index contributed by atoms with van der Waals surface area (Å²) in [4.78, 5) is 14.4. The molecule has 134 valence electrons. The quantitative estimate of drug-likeness (QED) is 0.660. The van der Waals surface area contributed by atoms with E-state index in [4.69, 9.17) is 0 Å². The molecule has 2 aromatic heterocycles. The number of benzene rings is 1. The Kier molecular flexibility index (Phi) is 4.58. The van der Waals surface area contributed by atoms with Crippen LogP contribution >= 0.6 is 11.8 Å². The fourth-order valence-electron chi connectivity index (χ4n) is 3.18. The number of amides is 1. The van der Waals surface area contributed by atoms with Gasteiger partial charge in [-0.25, -0.2) is 4.39 Å². The number of aryl methyl sites for hydroxylation is 1. The highest BCUT2D eigenvalue weighted by molar-refractivity contribution is 7.99. The molecule has 1 fully saturated rings. The van der Waals surface area contributed by atoms with E-state index in [-0.39, 0.29) is 17.6 Å². The van der Waals surface area contributed by atoms with Gasteiger partial charge in [-0.15, -0.1) is 10.2 Å². The topological polar surface area (TPSA) is 63.4 Å². The second kappa shape index (κ2) is 7.03. The second-order valence-electron chi connectivity index (χ2n) is 6.35. The standard InChI is InChI=1S/C18H18FN5OS/c1-12-20-21-16-6-7-17(22-24(12)16)26-11-18(25)23-9-8-14(10-23)13-2-4-15(19)5-3-13/h2-7,14H,8-11H2,1H3/t14-/m1/s1. The molecule has 0 radical (unpaired) electrons. The average molecular weight is 371 g/mol. The molecule has 8 heteroatoms.